The summed E-state index contributed by atoms with van der Waals surface area (Å²) in [5, 5.41) is 12.7. The Bertz CT molecular complexity index is 2490. The monoisotopic (exact) mass is 556 g/mol. The van der Waals surface area contributed by atoms with E-state index in [1.54, 1.807) is 0 Å². The third kappa shape index (κ3) is 3.92. The molecule has 204 valence electrons. The van der Waals surface area contributed by atoms with Crippen molar-refractivity contribution in [2.45, 2.75) is 0 Å². The molecular weight excluding hydrogens is 528 g/mol. The predicted molar refractivity (Wildman–Crippen MR) is 190 cm³/mol. The molecule has 9 aromatic carbocycles. The molecule has 0 aliphatic rings. The summed E-state index contributed by atoms with van der Waals surface area (Å²) < 4.78 is 0. The summed E-state index contributed by atoms with van der Waals surface area (Å²) in [6, 6.07) is 62.4. The molecule has 9 rings (SSSR count). The molecule has 0 amide bonds. The van der Waals surface area contributed by atoms with E-state index in [4.69, 9.17) is 0 Å². The molecule has 44 heavy (non-hydrogen) atoms. The Balaban J connectivity index is 1.29. The van der Waals surface area contributed by atoms with Gasteiger partial charge in [-0.25, -0.2) is 0 Å². The summed E-state index contributed by atoms with van der Waals surface area (Å²) in [6.45, 7) is 0. The average Bonchev–Trinajstić information content (AvgIpc) is 3.09. The summed E-state index contributed by atoms with van der Waals surface area (Å²) in [6.07, 6.45) is 0. The van der Waals surface area contributed by atoms with Gasteiger partial charge in [0.1, 0.15) is 0 Å². The van der Waals surface area contributed by atoms with Crippen LogP contribution in [0.1, 0.15) is 0 Å². The van der Waals surface area contributed by atoms with Crippen LogP contribution in [0.4, 0.5) is 0 Å². The topological polar surface area (TPSA) is 0 Å². The average molecular weight is 557 g/mol. The normalized spacial score (nSPS) is 11.6. The molecule has 0 fully saturated rings. The van der Waals surface area contributed by atoms with Gasteiger partial charge in [-0.1, -0.05) is 152 Å². The lowest BCUT2D eigenvalue weighted by atomic mass is 9.85. The highest BCUT2D eigenvalue weighted by atomic mass is 14.2. The zero-order chi connectivity index (χ0) is 29.0. The summed E-state index contributed by atoms with van der Waals surface area (Å²) in [7, 11) is 0. The minimum Gasteiger partial charge on any atom is -0.0616 e. The lowest BCUT2D eigenvalue weighted by Gasteiger charge is -2.18. The van der Waals surface area contributed by atoms with Crippen molar-refractivity contribution in [3.63, 3.8) is 0 Å². The maximum absolute atomic E-state index is 2.38. The Morgan fingerprint density at radius 1 is 0.227 bits per heavy atom. The van der Waals surface area contributed by atoms with Crippen LogP contribution in [0.3, 0.4) is 0 Å². The van der Waals surface area contributed by atoms with Gasteiger partial charge in [0.05, 0.1) is 0 Å². The van der Waals surface area contributed by atoms with Crippen LogP contribution < -0.4 is 0 Å². The van der Waals surface area contributed by atoms with E-state index in [1.807, 2.05) is 0 Å². The first-order valence-electron chi connectivity index (χ1n) is 15.3. The Kier molecular flexibility index (Phi) is 5.61. The van der Waals surface area contributed by atoms with Crippen LogP contribution in [0.15, 0.2) is 170 Å². The first-order chi connectivity index (χ1) is 21.8. The molecule has 0 unspecified atom stereocenters. The summed E-state index contributed by atoms with van der Waals surface area (Å²) in [4.78, 5) is 0. The van der Waals surface area contributed by atoms with Gasteiger partial charge in [-0.3, -0.25) is 0 Å². The highest BCUT2D eigenvalue weighted by Crippen LogP contribution is 2.44. The van der Waals surface area contributed by atoms with Gasteiger partial charge in [0.2, 0.25) is 0 Å². The molecule has 0 heteroatoms. The largest absolute Gasteiger partial charge is 0.0616 e. The van der Waals surface area contributed by atoms with Crippen molar-refractivity contribution in [3.05, 3.63) is 170 Å². The first kappa shape index (κ1) is 24.8. The van der Waals surface area contributed by atoms with Gasteiger partial charge in [0.25, 0.3) is 0 Å². The second kappa shape index (κ2) is 9.93. The molecule has 9 aromatic rings. The van der Waals surface area contributed by atoms with Gasteiger partial charge in [-0.2, -0.15) is 0 Å². The minimum absolute atomic E-state index is 1.24. The molecule has 0 radical (unpaired) electrons. The van der Waals surface area contributed by atoms with Crippen LogP contribution in [-0.2, 0) is 0 Å². The number of rotatable bonds is 3. The van der Waals surface area contributed by atoms with E-state index in [-0.39, 0.29) is 0 Å². The zero-order valence-electron chi connectivity index (χ0n) is 24.2. The second-order valence-electron chi connectivity index (χ2n) is 11.7. The van der Waals surface area contributed by atoms with Crippen LogP contribution in [0.5, 0.6) is 0 Å². The number of fused-ring (bicyclic) bond motifs is 5. The molecule has 0 heterocycles. The first-order valence-corrected chi connectivity index (χ1v) is 15.3. The summed E-state index contributed by atoms with van der Waals surface area (Å²) in [5.74, 6) is 0. The fourth-order valence-corrected chi connectivity index (χ4v) is 7.14. The van der Waals surface area contributed by atoms with E-state index in [0.717, 1.165) is 0 Å². The van der Waals surface area contributed by atoms with Gasteiger partial charge in [0, 0.05) is 0 Å². The van der Waals surface area contributed by atoms with E-state index >= 15 is 0 Å². The fourth-order valence-electron chi connectivity index (χ4n) is 7.14. The molecule has 0 atom stereocenters. The summed E-state index contributed by atoms with van der Waals surface area (Å²) in [5.41, 5.74) is 7.59. The lowest BCUT2D eigenvalue weighted by molar-refractivity contribution is 1.66. The summed E-state index contributed by atoms with van der Waals surface area (Å²) >= 11 is 0. The van der Waals surface area contributed by atoms with Crippen LogP contribution >= 0.6 is 0 Å². The van der Waals surface area contributed by atoms with Crippen molar-refractivity contribution in [3.8, 4) is 33.4 Å². The Labute approximate surface area is 256 Å². The van der Waals surface area contributed by atoms with E-state index in [0.29, 0.717) is 0 Å². The van der Waals surface area contributed by atoms with Crippen molar-refractivity contribution in [2.24, 2.45) is 0 Å². The van der Waals surface area contributed by atoms with Crippen molar-refractivity contribution >= 4 is 53.9 Å². The van der Waals surface area contributed by atoms with Crippen molar-refractivity contribution in [1.29, 1.82) is 0 Å². The van der Waals surface area contributed by atoms with Crippen LogP contribution in [0, 0.1) is 0 Å². The fraction of sp³-hybridized carbons (Fsp3) is 0. The van der Waals surface area contributed by atoms with Gasteiger partial charge in [-0.15, -0.1) is 0 Å². The third-order valence-electron chi connectivity index (χ3n) is 9.20. The highest BCUT2D eigenvalue weighted by Gasteiger charge is 2.17. The van der Waals surface area contributed by atoms with Crippen LogP contribution in [-0.4, -0.2) is 0 Å². The smallest absolute Gasteiger partial charge is 0.00262 e. The Hall–Kier alpha value is -5.72. The van der Waals surface area contributed by atoms with E-state index < -0.39 is 0 Å². The highest BCUT2D eigenvalue weighted by molar-refractivity contribution is 6.22. The number of benzene rings is 9. The molecule has 0 bridgehead atoms. The Morgan fingerprint density at radius 3 is 1.25 bits per heavy atom. The van der Waals surface area contributed by atoms with E-state index in [2.05, 4.69) is 170 Å². The van der Waals surface area contributed by atoms with E-state index in [1.165, 1.54) is 87.2 Å². The maximum atomic E-state index is 2.38. The van der Waals surface area contributed by atoms with Gasteiger partial charge in [0.15, 0.2) is 0 Å². The number of hydrogen-bond acceptors (Lipinski definition) is 0. The zero-order valence-corrected chi connectivity index (χ0v) is 24.2. The quantitative estimate of drug-likeness (QED) is 0.190. The molecule has 0 aliphatic heterocycles. The molecule has 0 nitrogen and oxygen atoms in total. The lowest BCUT2D eigenvalue weighted by Crippen LogP contribution is -1.91. The molecule has 0 aromatic heterocycles. The molecule has 0 N–H and O–H groups in total. The standard InChI is InChI=1S/C44H28/c1-2-12-32-26-34(24-21-29(32)10-1)43-39-15-5-7-17-41(39)44(42-18-8-6-16-40(42)43)35-25-22-30-20-23-33(27-36(30)28-35)38-19-9-13-31-11-3-4-14-37(31)38/h1-28H. The molecule has 0 spiro atoms. The van der Waals surface area contributed by atoms with Crippen molar-refractivity contribution < 1.29 is 0 Å². The minimum atomic E-state index is 1.24. The van der Waals surface area contributed by atoms with Crippen molar-refractivity contribution in [2.75, 3.05) is 0 Å². The third-order valence-corrected chi connectivity index (χ3v) is 9.20. The number of hydrogen-bond donors (Lipinski definition) is 0. The van der Waals surface area contributed by atoms with Gasteiger partial charge in [-0.05, 0) is 105 Å². The van der Waals surface area contributed by atoms with Crippen molar-refractivity contribution in [1.82, 2.24) is 0 Å². The molecule has 0 aliphatic carbocycles. The second-order valence-corrected chi connectivity index (χ2v) is 11.7. The predicted octanol–water partition coefficient (Wildman–Crippen LogP) is 12.5. The van der Waals surface area contributed by atoms with E-state index in [9.17, 15) is 0 Å². The van der Waals surface area contributed by atoms with Crippen LogP contribution in [0.2, 0.25) is 0 Å². The van der Waals surface area contributed by atoms with Crippen LogP contribution in [0.25, 0.3) is 87.2 Å². The Morgan fingerprint density at radius 2 is 0.636 bits per heavy atom. The molecular formula is C44H28. The maximum Gasteiger partial charge on any atom is -0.00262 e. The van der Waals surface area contributed by atoms with Gasteiger partial charge >= 0.3 is 0 Å². The molecule has 0 saturated carbocycles. The molecule has 0 saturated heterocycles. The SMILES string of the molecule is c1ccc2cc(-c3c4ccccc4c(-c4ccc5ccc(-c6cccc7ccccc67)cc5c4)c4ccccc34)ccc2c1. The van der Waals surface area contributed by atoms with Gasteiger partial charge < -0.3 is 0 Å².